The summed E-state index contributed by atoms with van der Waals surface area (Å²) in [5, 5.41) is 0.299. The Labute approximate surface area is 125 Å². The Morgan fingerprint density at radius 2 is 1.95 bits per heavy atom. The van der Waals surface area contributed by atoms with Crippen LogP contribution in [0.25, 0.3) is 0 Å². The van der Waals surface area contributed by atoms with Crippen LogP contribution in [0.2, 0.25) is 5.02 Å². The number of carbonyl (C=O) groups is 1. The van der Waals surface area contributed by atoms with Crippen molar-refractivity contribution in [2.45, 2.75) is 11.3 Å². The molecule has 1 nitrogen and oxygen atoms in total. The number of thioether (sulfide) groups is 1. The molecule has 20 heavy (non-hydrogen) atoms. The minimum absolute atomic E-state index is 0.00528. The lowest BCUT2D eigenvalue weighted by molar-refractivity contribution is -0.116. The number of rotatable bonds is 5. The van der Waals surface area contributed by atoms with Crippen molar-refractivity contribution in [2.75, 3.05) is 5.75 Å². The van der Waals surface area contributed by atoms with Crippen molar-refractivity contribution in [1.82, 2.24) is 0 Å². The van der Waals surface area contributed by atoms with Gasteiger partial charge in [0.2, 0.25) is 0 Å². The van der Waals surface area contributed by atoms with Gasteiger partial charge in [-0.1, -0.05) is 23.7 Å². The second kappa shape index (κ2) is 6.86. The first-order valence-electron chi connectivity index (χ1n) is 5.88. The van der Waals surface area contributed by atoms with E-state index in [1.54, 1.807) is 18.2 Å². The highest BCUT2D eigenvalue weighted by atomic mass is 35.5. The Kier molecular flexibility index (Phi) is 5.15. The number of Topliss-reactive ketones (excluding diaryl/α,β-unsaturated/α-hetero) is 1. The summed E-state index contributed by atoms with van der Waals surface area (Å²) in [6.45, 7) is 0. The Morgan fingerprint density at radius 1 is 1.15 bits per heavy atom. The quantitative estimate of drug-likeness (QED) is 0.755. The van der Waals surface area contributed by atoms with Gasteiger partial charge in [-0.2, -0.15) is 0 Å². The maximum atomic E-state index is 13.5. The van der Waals surface area contributed by atoms with Crippen LogP contribution in [0.1, 0.15) is 5.56 Å². The molecule has 2 rings (SSSR count). The van der Waals surface area contributed by atoms with Gasteiger partial charge in [-0.15, -0.1) is 11.8 Å². The predicted octanol–water partition coefficient (Wildman–Crippen LogP) is 4.52. The third-order valence-corrected chi connectivity index (χ3v) is 3.89. The lowest BCUT2D eigenvalue weighted by Gasteiger charge is -2.04. The zero-order valence-corrected chi connectivity index (χ0v) is 12.0. The molecular formula is C15H11ClF2OS. The maximum absolute atomic E-state index is 13.5. The fourth-order valence-corrected chi connectivity index (χ4v) is 2.61. The van der Waals surface area contributed by atoms with Crippen LogP contribution in [0.5, 0.6) is 0 Å². The number of halogens is 3. The summed E-state index contributed by atoms with van der Waals surface area (Å²) in [4.78, 5) is 12.5. The minimum Gasteiger partial charge on any atom is -0.298 e. The number of benzene rings is 2. The van der Waals surface area contributed by atoms with Gasteiger partial charge in [0, 0.05) is 16.3 Å². The summed E-state index contributed by atoms with van der Waals surface area (Å²) in [5.41, 5.74) is 0.319. The van der Waals surface area contributed by atoms with Gasteiger partial charge < -0.3 is 0 Å². The van der Waals surface area contributed by atoms with Gasteiger partial charge in [-0.05, 0) is 35.9 Å². The molecule has 0 fully saturated rings. The second-order valence-electron chi connectivity index (χ2n) is 4.20. The Balaban J connectivity index is 1.92. The minimum atomic E-state index is -0.485. The average Bonchev–Trinajstić information content (AvgIpc) is 2.40. The summed E-state index contributed by atoms with van der Waals surface area (Å²) >= 11 is 6.88. The molecule has 0 bridgehead atoms. The first kappa shape index (κ1) is 15.0. The molecule has 0 spiro atoms. The van der Waals surface area contributed by atoms with E-state index in [1.165, 1.54) is 36.0 Å². The fourth-order valence-electron chi connectivity index (χ4n) is 1.65. The molecule has 2 aromatic rings. The van der Waals surface area contributed by atoms with E-state index in [9.17, 15) is 13.6 Å². The molecule has 0 atom stereocenters. The van der Waals surface area contributed by atoms with Crippen LogP contribution in [0.15, 0.2) is 47.4 Å². The molecule has 104 valence electrons. The molecule has 0 aliphatic heterocycles. The Bertz CT molecular complexity index is 631. The third kappa shape index (κ3) is 4.32. The average molecular weight is 313 g/mol. The summed E-state index contributed by atoms with van der Waals surface area (Å²) in [6.07, 6.45) is 0.00528. The molecule has 0 heterocycles. The van der Waals surface area contributed by atoms with Gasteiger partial charge in [0.1, 0.15) is 17.4 Å². The first-order chi connectivity index (χ1) is 9.54. The van der Waals surface area contributed by atoms with Crippen LogP contribution < -0.4 is 0 Å². The van der Waals surface area contributed by atoms with Crippen molar-refractivity contribution in [3.8, 4) is 0 Å². The summed E-state index contributed by atoms with van der Waals surface area (Å²) < 4.78 is 26.5. The number of ketones is 1. The van der Waals surface area contributed by atoms with Gasteiger partial charge in [-0.3, -0.25) is 4.79 Å². The normalized spacial score (nSPS) is 10.6. The molecule has 0 aliphatic rings. The molecule has 0 radical (unpaired) electrons. The van der Waals surface area contributed by atoms with Crippen LogP contribution in [0.4, 0.5) is 8.78 Å². The number of carbonyl (C=O) groups excluding carboxylic acids is 1. The van der Waals surface area contributed by atoms with E-state index in [1.807, 2.05) is 0 Å². The van der Waals surface area contributed by atoms with Crippen molar-refractivity contribution in [1.29, 1.82) is 0 Å². The van der Waals surface area contributed by atoms with Crippen molar-refractivity contribution in [2.24, 2.45) is 0 Å². The monoisotopic (exact) mass is 312 g/mol. The summed E-state index contributed by atoms with van der Waals surface area (Å²) in [6, 6.07) is 10.2. The molecule has 0 amide bonds. The van der Waals surface area contributed by atoms with Crippen LogP contribution in [-0.4, -0.2) is 11.5 Å². The molecule has 0 aromatic heterocycles. The van der Waals surface area contributed by atoms with E-state index in [4.69, 9.17) is 11.6 Å². The second-order valence-corrected chi connectivity index (χ2v) is 5.68. The summed E-state index contributed by atoms with van der Waals surface area (Å²) in [7, 11) is 0. The molecule has 0 N–H and O–H groups in total. The highest BCUT2D eigenvalue weighted by Crippen LogP contribution is 2.20. The van der Waals surface area contributed by atoms with E-state index in [0.717, 1.165) is 0 Å². The molecular weight excluding hydrogens is 302 g/mol. The highest BCUT2D eigenvalue weighted by Gasteiger charge is 2.09. The van der Waals surface area contributed by atoms with Gasteiger partial charge in [0.25, 0.3) is 0 Å². The number of hydrogen-bond acceptors (Lipinski definition) is 2. The van der Waals surface area contributed by atoms with Crippen molar-refractivity contribution >= 4 is 29.1 Å². The molecule has 2 aromatic carbocycles. The highest BCUT2D eigenvalue weighted by molar-refractivity contribution is 8.00. The molecule has 0 unspecified atom stereocenters. The van der Waals surface area contributed by atoms with Crippen LogP contribution in [-0.2, 0) is 11.2 Å². The van der Waals surface area contributed by atoms with Crippen LogP contribution in [0.3, 0.4) is 0 Å². The van der Waals surface area contributed by atoms with E-state index >= 15 is 0 Å². The SMILES string of the molecule is O=C(CSc1cccc(F)c1)Cc1ccc(Cl)cc1F. The van der Waals surface area contributed by atoms with Gasteiger partial charge in [0.05, 0.1) is 5.75 Å². The standard InChI is InChI=1S/C15H11ClF2OS/c16-11-5-4-10(15(18)7-11)6-13(19)9-20-14-3-1-2-12(17)8-14/h1-5,7-8H,6,9H2. The first-order valence-corrected chi connectivity index (χ1v) is 7.25. The molecule has 0 saturated heterocycles. The van der Waals surface area contributed by atoms with Crippen LogP contribution in [0, 0.1) is 11.6 Å². The van der Waals surface area contributed by atoms with Gasteiger partial charge >= 0.3 is 0 Å². The van der Waals surface area contributed by atoms with E-state index in [0.29, 0.717) is 15.5 Å². The smallest absolute Gasteiger partial charge is 0.147 e. The lowest BCUT2D eigenvalue weighted by Crippen LogP contribution is -2.07. The largest absolute Gasteiger partial charge is 0.298 e. The molecule has 5 heteroatoms. The summed E-state index contributed by atoms with van der Waals surface area (Å²) in [5.74, 6) is -0.779. The van der Waals surface area contributed by atoms with E-state index in [-0.39, 0.29) is 23.8 Å². The number of hydrogen-bond donors (Lipinski definition) is 0. The van der Waals surface area contributed by atoms with Crippen molar-refractivity contribution in [3.63, 3.8) is 0 Å². The Morgan fingerprint density at radius 3 is 2.65 bits per heavy atom. The zero-order valence-electron chi connectivity index (χ0n) is 10.4. The van der Waals surface area contributed by atoms with Crippen LogP contribution >= 0.6 is 23.4 Å². The third-order valence-electron chi connectivity index (χ3n) is 2.60. The van der Waals surface area contributed by atoms with E-state index in [2.05, 4.69) is 0 Å². The predicted molar refractivity (Wildman–Crippen MR) is 77.2 cm³/mol. The van der Waals surface area contributed by atoms with Gasteiger partial charge in [0.15, 0.2) is 0 Å². The topological polar surface area (TPSA) is 17.1 Å². The molecule has 0 aliphatic carbocycles. The van der Waals surface area contributed by atoms with Crippen molar-refractivity contribution in [3.05, 3.63) is 64.7 Å². The maximum Gasteiger partial charge on any atom is 0.147 e. The zero-order chi connectivity index (χ0) is 14.5. The molecule has 0 saturated carbocycles. The lowest BCUT2D eigenvalue weighted by atomic mass is 10.1. The Hall–Kier alpha value is -1.39. The van der Waals surface area contributed by atoms with E-state index < -0.39 is 5.82 Å². The van der Waals surface area contributed by atoms with Crippen molar-refractivity contribution < 1.29 is 13.6 Å². The fraction of sp³-hybridized carbons (Fsp3) is 0.133. The van der Waals surface area contributed by atoms with Gasteiger partial charge in [-0.25, -0.2) is 8.78 Å².